The molecule has 1 N–H and O–H groups in total. The van der Waals surface area contributed by atoms with E-state index < -0.39 is 6.09 Å². The number of carbonyl (C=O) groups excluding carboxylic acids is 1. The topological polar surface area (TPSA) is 102 Å². The van der Waals surface area contributed by atoms with Crippen molar-refractivity contribution in [3.8, 4) is 29.1 Å². The summed E-state index contributed by atoms with van der Waals surface area (Å²) < 4.78 is 13.3. The van der Waals surface area contributed by atoms with Crippen LogP contribution in [0.25, 0.3) is 22.2 Å². The summed E-state index contributed by atoms with van der Waals surface area (Å²) in [5.41, 5.74) is 3.79. The van der Waals surface area contributed by atoms with Gasteiger partial charge in [0.05, 0.1) is 16.8 Å². The first-order valence-electron chi connectivity index (χ1n) is 11.7. The molecule has 1 aliphatic rings. The summed E-state index contributed by atoms with van der Waals surface area (Å²) >= 11 is 0. The average Bonchev–Trinajstić information content (AvgIpc) is 3.67. The van der Waals surface area contributed by atoms with Gasteiger partial charge >= 0.3 is 12.1 Å². The molecule has 1 amide bonds. The van der Waals surface area contributed by atoms with Gasteiger partial charge in [0.2, 0.25) is 0 Å². The van der Waals surface area contributed by atoms with E-state index in [0.717, 1.165) is 35.0 Å². The van der Waals surface area contributed by atoms with Gasteiger partial charge in [-0.2, -0.15) is 5.26 Å². The second-order valence-electron chi connectivity index (χ2n) is 8.54. The van der Waals surface area contributed by atoms with E-state index in [2.05, 4.69) is 25.9 Å². The fourth-order valence-electron chi connectivity index (χ4n) is 4.27. The number of hydrogen-bond acceptors (Lipinski definition) is 6. The Labute approximate surface area is 203 Å². The molecule has 8 nitrogen and oxygen atoms in total. The van der Waals surface area contributed by atoms with E-state index in [0.29, 0.717) is 29.5 Å². The molecule has 1 saturated carbocycles. The SMILES string of the molecule is CCn1c(-c2ccc(NC(=O)O[C@H](C)C3CC3)cc2)c(C#N)c2ccc(Oc3ncccn3)cc21. The second-order valence-corrected chi connectivity index (χ2v) is 8.54. The van der Waals surface area contributed by atoms with Crippen LogP contribution in [0.5, 0.6) is 11.8 Å². The van der Waals surface area contributed by atoms with Crippen molar-refractivity contribution in [3.05, 3.63) is 66.5 Å². The Hall–Kier alpha value is -4.38. The number of nitriles is 1. The molecule has 35 heavy (non-hydrogen) atoms. The Kier molecular flexibility index (Phi) is 6.06. The predicted molar refractivity (Wildman–Crippen MR) is 132 cm³/mol. The minimum atomic E-state index is -0.451. The van der Waals surface area contributed by atoms with Crippen molar-refractivity contribution >= 4 is 22.7 Å². The lowest BCUT2D eigenvalue weighted by atomic mass is 10.1. The maximum absolute atomic E-state index is 12.2. The van der Waals surface area contributed by atoms with E-state index in [9.17, 15) is 10.1 Å². The summed E-state index contributed by atoms with van der Waals surface area (Å²) in [6.07, 6.45) is 4.94. The lowest BCUT2D eigenvalue weighted by Crippen LogP contribution is -2.21. The van der Waals surface area contributed by atoms with E-state index in [1.165, 1.54) is 0 Å². The first-order chi connectivity index (χ1) is 17.1. The molecule has 176 valence electrons. The molecule has 8 heteroatoms. The molecule has 2 heterocycles. The highest BCUT2D eigenvalue weighted by Crippen LogP contribution is 2.37. The van der Waals surface area contributed by atoms with E-state index in [-0.39, 0.29) is 12.1 Å². The maximum atomic E-state index is 12.2. The highest BCUT2D eigenvalue weighted by Gasteiger charge is 2.30. The molecule has 4 aromatic rings. The smallest absolute Gasteiger partial charge is 0.411 e. The van der Waals surface area contributed by atoms with Gasteiger partial charge in [0, 0.05) is 36.1 Å². The maximum Gasteiger partial charge on any atom is 0.411 e. The lowest BCUT2D eigenvalue weighted by Gasteiger charge is -2.13. The van der Waals surface area contributed by atoms with Crippen LogP contribution in [0, 0.1) is 17.2 Å². The van der Waals surface area contributed by atoms with Crippen LogP contribution in [-0.2, 0) is 11.3 Å². The van der Waals surface area contributed by atoms with Crippen LogP contribution in [0.2, 0.25) is 0 Å². The zero-order chi connectivity index (χ0) is 24.4. The number of amides is 1. The molecular formula is C27H25N5O3. The molecule has 0 saturated heterocycles. The third-order valence-electron chi connectivity index (χ3n) is 6.20. The number of ether oxygens (including phenoxy) is 2. The fourth-order valence-corrected chi connectivity index (χ4v) is 4.27. The zero-order valence-electron chi connectivity index (χ0n) is 19.6. The summed E-state index contributed by atoms with van der Waals surface area (Å²) in [6, 6.07) is 17.4. The molecular weight excluding hydrogens is 442 g/mol. The van der Waals surface area contributed by atoms with Gasteiger partial charge in [-0.05, 0) is 68.5 Å². The summed E-state index contributed by atoms with van der Waals surface area (Å²) in [6.45, 7) is 4.62. The number of aromatic nitrogens is 3. The second kappa shape index (κ2) is 9.47. The van der Waals surface area contributed by atoms with Gasteiger partial charge in [-0.15, -0.1) is 0 Å². The number of rotatable bonds is 7. The molecule has 1 atom stereocenters. The number of hydrogen-bond donors (Lipinski definition) is 1. The van der Waals surface area contributed by atoms with Crippen molar-refractivity contribution in [1.82, 2.24) is 14.5 Å². The Balaban J connectivity index is 1.43. The van der Waals surface area contributed by atoms with Crippen LogP contribution < -0.4 is 10.1 Å². The first-order valence-corrected chi connectivity index (χ1v) is 11.7. The number of nitrogens with zero attached hydrogens (tertiary/aromatic N) is 4. The van der Waals surface area contributed by atoms with Gasteiger partial charge in [-0.25, -0.2) is 14.8 Å². The molecule has 2 aromatic carbocycles. The van der Waals surface area contributed by atoms with Crippen molar-refractivity contribution in [1.29, 1.82) is 5.26 Å². The molecule has 0 bridgehead atoms. The monoisotopic (exact) mass is 467 g/mol. The number of carbonyl (C=O) groups is 1. The van der Waals surface area contributed by atoms with Gasteiger partial charge in [0.15, 0.2) is 0 Å². The molecule has 2 aromatic heterocycles. The molecule has 1 aliphatic carbocycles. The Bertz CT molecular complexity index is 1400. The standard InChI is InChI=1S/C27H25N5O3/c1-3-32-24-15-21(35-26-29-13-4-14-30-26)11-12-22(24)23(16-28)25(32)19-7-9-20(10-8-19)31-27(33)34-17(2)18-5-6-18/h4,7-15,17-18H,3,5-6H2,1-2H3,(H,31,33)/t17-/m1/s1. The van der Waals surface area contributed by atoms with E-state index in [1.54, 1.807) is 18.5 Å². The van der Waals surface area contributed by atoms with E-state index in [1.807, 2.05) is 56.3 Å². The van der Waals surface area contributed by atoms with Crippen molar-refractivity contribution in [2.24, 2.45) is 5.92 Å². The van der Waals surface area contributed by atoms with Crippen LogP contribution in [0.1, 0.15) is 32.3 Å². The van der Waals surface area contributed by atoms with Crippen molar-refractivity contribution in [2.75, 3.05) is 5.32 Å². The highest BCUT2D eigenvalue weighted by atomic mass is 16.6. The number of nitrogens with one attached hydrogen (secondary N) is 1. The normalized spacial score (nSPS) is 13.7. The van der Waals surface area contributed by atoms with Gasteiger partial charge in [0.1, 0.15) is 17.9 Å². The van der Waals surface area contributed by atoms with Gasteiger partial charge in [0.25, 0.3) is 0 Å². The largest absolute Gasteiger partial charge is 0.446 e. The first kappa shape index (κ1) is 22.4. The molecule has 0 unspecified atom stereocenters. The van der Waals surface area contributed by atoms with Crippen LogP contribution in [0.15, 0.2) is 60.9 Å². The Morgan fingerprint density at radius 1 is 1.20 bits per heavy atom. The summed E-state index contributed by atoms with van der Waals surface area (Å²) in [5.74, 6) is 1.07. The van der Waals surface area contributed by atoms with Crippen molar-refractivity contribution in [2.45, 2.75) is 39.3 Å². The molecule has 1 fully saturated rings. The number of benzene rings is 2. The van der Waals surface area contributed by atoms with Crippen LogP contribution in [0.4, 0.5) is 10.5 Å². The molecule has 0 spiro atoms. The van der Waals surface area contributed by atoms with Gasteiger partial charge in [-0.1, -0.05) is 12.1 Å². The minimum Gasteiger partial charge on any atom is -0.446 e. The highest BCUT2D eigenvalue weighted by molar-refractivity contribution is 5.95. The van der Waals surface area contributed by atoms with Gasteiger partial charge < -0.3 is 14.0 Å². The summed E-state index contributed by atoms with van der Waals surface area (Å²) in [4.78, 5) is 20.4. The minimum absolute atomic E-state index is 0.0740. The van der Waals surface area contributed by atoms with Crippen molar-refractivity contribution in [3.63, 3.8) is 0 Å². The van der Waals surface area contributed by atoms with Crippen LogP contribution in [-0.4, -0.2) is 26.7 Å². The Morgan fingerprint density at radius 3 is 2.60 bits per heavy atom. The van der Waals surface area contributed by atoms with E-state index in [4.69, 9.17) is 9.47 Å². The van der Waals surface area contributed by atoms with Crippen LogP contribution in [0.3, 0.4) is 0 Å². The number of fused-ring (bicyclic) bond motifs is 1. The summed E-state index contributed by atoms with van der Waals surface area (Å²) in [5, 5.41) is 13.6. The number of aryl methyl sites for hydroxylation is 1. The van der Waals surface area contributed by atoms with Crippen molar-refractivity contribution < 1.29 is 14.3 Å². The quantitative estimate of drug-likeness (QED) is 0.351. The average molecular weight is 468 g/mol. The molecule has 0 aliphatic heterocycles. The molecule has 0 radical (unpaired) electrons. The van der Waals surface area contributed by atoms with Gasteiger partial charge in [-0.3, -0.25) is 5.32 Å². The lowest BCUT2D eigenvalue weighted by molar-refractivity contribution is 0.108. The predicted octanol–water partition coefficient (Wildman–Crippen LogP) is 6.13. The van der Waals surface area contributed by atoms with Crippen LogP contribution >= 0.6 is 0 Å². The zero-order valence-corrected chi connectivity index (χ0v) is 19.6. The summed E-state index contributed by atoms with van der Waals surface area (Å²) in [7, 11) is 0. The third kappa shape index (κ3) is 4.66. The van der Waals surface area contributed by atoms with E-state index >= 15 is 0 Å². The Morgan fingerprint density at radius 2 is 1.94 bits per heavy atom. The molecule has 5 rings (SSSR count). The number of anilines is 1. The third-order valence-corrected chi connectivity index (χ3v) is 6.20. The fraction of sp³-hybridized carbons (Fsp3) is 0.259.